The number of aryl methyl sites for hydroxylation is 2. The molecule has 0 aromatic heterocycles. The number of nitrogens with zero attached hydrogens (tertiary/aromatic N) is 1. The highest BCUT2D eigenvalue weighted by Gasteiger charge is 2.16. The minimum Gasteiger partial charge on any atom is -0.450 e. The van der Waals surface area contributed by atoms with E-state index >= 15 is 0 Å². The van der Waals surface area contributed by atoms with Gasteiger partial charge in [0.2, 0.25) is 5.75 Å². The van der Waals surface area contributed by atoms with Crippen molar-refractivity contribution in [2.24, 2.45) is 0 Å². The van der Waals surface area contributed by atoms with E-state index in [0.29, 0.717) is 10.2 Å². The molecule has 5 heteroatoms. The summed E-state index contributed by atoms with van der Waals surface area (Å²) in [5.74, 6) is 0.824. The van der Waals surface area contributed by atoms with Crippen molar-refractivity contribution in [3.05, 3.63) is 62.1 Å². The molecule has 0 fully saturated rings. The third-order valence-electron chi connectivity index (χ3n) is 2.82. The minimum atomic E-state index is -0.457. The van der Waals surface area contributed by atoms with E-state index in [1.165, 1.54) is 6.07 Å². The molecule has 0 heterocycles. The van der Waals surface area contributed by atoms with Crippen LogP contribution < -0.4 is 4.74 Å². The third kappa shape index (κ3) is 3.12. The molecule has 19 heavy (non-hydrogen) atoms. The van der Waals surface area contributed by atoms with Crippen LogP contribution in [0.5, 0.6) is 11.5 Å². The molecule has 0 spiro atoms. The SMILES string of the molecule is Cc1ccc(Oc2ccc(Br)cc2[N+](=O)[O-])cc1C. The van der Waals surface area contributed by atoms with Gasteiger partial charge in [-0.25, -0.2) is 0 Å². The number of nitro groups is 1. The van der Waals surface area contributed by atoms with Gasteiger partial charge in [-0.05, 0) is 49.2 Å². The molecule has 0 radical (unpaired) electrons. The zero-order valence-corrected chi connectivity index (χ0v) is 12.1. The van der Waals surface area contributed by atoms with E-state index in [4.69, 9.17) is 4.74 Å². The van der Waals surface area contributed by atoms with Gasteiger partial charge in [-0.1, -0.05) is 22.0 Å². The van der Waals surface area contributed by atoms with Crippen molar-refractivity contribution in [1.29, 1.82) is 0 Å². The van der Waals surface area contributed by atoms with E-state index in [-0.39, 0.29) is 11.4 Å². The zero-order valence-electron chi connectivity index (χ0n) is 10.5. The molecule has 0 aliphatic heterocycles. The molecule has 0 atom stereocenters. The van der Waals surface area contributed by atoms with Gasteiger partial charge in [0.25, 0.3) is 0 Å². The highest BCUT2D eigenvalue weighted by molar-refractivity contribution is 9.10. The second kappa shape index (κ2) is 5.40. The molecule has 0 N–H and O–H groups in total. The summed E-state index contributed by atoms with van der Waals surface area (Å²) in [5.41, 5.74) is 2.17. The first-order valence-electron chi connectivity index (χ1n) is 5.66. The fourth-order valence-corrected chi connectivity index (χ4v) is 1.97. The number of halogens is 1. The van der Waals surface area contributed by atoms with Gasteiger partial charge in [-0.15, -0.1) is 0 Å². The smallest absolute Gasteiger partial charge is 0.312 e. The van der Waals surface area contributed by atoms with Crippen molar-refractivity contribution in [3.63, 3.8) is 0 Å². The third-order valence-corrected chi connectivity index (χ3v) is 3.32. The summed E-state index contributed by atoms with van der Waals surface area (Å²) >= 11 is 3.21. The Hall–Kier alpha value is -1.88. The Morgan fingerprint density at radius 1 is 1.11 bits per heavy atom. The van der Waals surface area contributed by atoms with Crippen LogP contribution in [-0.4, -0.2) is 4.92 Å². The van der Waals surface area contributed by atoms with E-state index in [0.717, 1.165) is 11.1 Å². The standard InChI is InChI=1S/C14H12BrNO3/c1-9-3-5-12(7-10(9)2)19-14-6-4-11(15)8-13(14)16(17)18/h3-8H,1-2H3. The van der Waals surface area contributed by atoms with Crippen LogP contribution in [0.2, 0.25) is 0 Å². The number of rotatable bonds is 3. The molecule has 0 aliphatic rings. The summed E-state index contributed by atoms with van der Waals surface area (Å²) in [6.07, 6.45) is 0. The van der Waals surface area contributed by atoms with Gasteiger partial charge in [0, 0.05) is 10.5 Å². The maximum Gasteiger partial charge on any atom is 0.312 e. The molecule has 0 aliphatic carbocycles. The number of hydrogen-bond acceptors (Lipinski definition) is 3. The lowest BCUT2D eigenvalue weighted by Crippen LogP contribution is -1.94. The normalized spacial score (nSPS) is 10.3. The predicted molar refractivity (Wildman–Crippen MR) is 76.8 cm³/mol. The van der Waals surface area contributed by atoms with E-state index < -0.39 is 4.92 Å². The van der Waals surface area contributed by atoms with Crippen molar-refractivity contribution in [2.45, 2.75) is 13.8 Å². The van der Waals surface area contributed by atoms with Gasteiger partial charge in [0.05, 0.1) is 4.92 Å². The first kappa shape index (κ1) is 13.5. The topological polar surface area (TPSA) is 52.4 Å². The number of hydrogen-bond donors (Lipinski definition) is 0. The van der Waals surface area contributed by atoms with Crippen molar-refractivity contribution in [3.8, 4) is 11.5 Å². The highest BCUT2D eigenvalue weighted by atomic mass is 79.9. The van der Waals surface area contributed by atoms with E-state index in [1.807, 2.05) is 26.0 Å². The molecule has 4 nitrogen and oxygen atoms in total. The van der Waals surface area contributed by atoms with Crippen LogP contribution in [0.4, 0.5) is 5.69 Å². The number of ether oxygens (including phenoxy) is 1. The Labute approximate surface area is 119 Å². The fraction of sp³-hybridized carbons (Fsp3) is 0.143. The molecule has 2 rings (SSSR count). The summed E-state index contributed by atoms with van der Waals surface area (Å²) in [4.78, 5) is 10.5. The Balaban J connectivity index is 2.37. The van der Waals surface area contributed by atoms with Crippen LogP contribution in [0.1, 0.15) is 11.1 Å². The van der Waals surface area contributed by atoms with Crippen LogP contribution in [-0.2, 0) is 0 Å². The minimum absolute atomic E-state index is 0.0624. The second-order valence-corrected chi connectivity index (χ2v) is 5.13. The molecule has 0 unspecified atom stereocenters. The molecule has 2 aromatic rings. The summed E-state index contributed by atoms with van der Waals surface area (Å²) in [7, 11) is 0. The average molecular weight is 322 g/mol. The molecule has 0 amide bonds. The average Bonchev–Trinajstić information content (AvgIpc) is 2.36. The van der Waals surface area contributed by atoms with Crippen LogP contribution >= 0.6 is 15.9 Å². The Morgan fingerprint density at radius 3 is 2.47 bits per heavy atom. The lowest BCUT2D eigenvalue weighted by molar-refractivity contribution is -0.385. The largest absolute Gasteiger partial charge is 0.450 e. The Bertz CT molecular complexity index is 641. The summed E-state index contributed by atoms with van der Waals surface area (Å²) in [5, 5.41) is 11.0. The lowest BCUT2D eigenvalue weighted by Gasteiger charge is -2.08. The van der Waals surface area contributed by atoms with Crippen molar-refractivity contribution in [1.82, 2.24) is 0 Å². The lowest BCUT2D eigenvalue weighted by atomic mass is 10.1. The van der Waals surface area contributed by atoms with Crippen LogP contribution in [0, 0.1) is 24.0 Å². The summed E-state index contributed by atoms with van der Waals surface area (Å²) in [6, 6.07) is 10.3. The zero-order chi connectivity index (χ0) is 14.0. The van der Waals surface area contributed by atoms with Gasteiger partial charge in [0.1, 0.15) is 5.75 Å². The van der Waals surface area contributed by atoms with Crippen LogP contribution in [0.25, 0.3) is 0 Å². The second-order valence-electron chi connectivity index (χ2n) is 4.22. The van der Waals surface area contributed by atoms with Crippen molar-refractivity contribution >= 4 is 21.6 Å². The van der Waals surface area contributed by atoms with Crippen molar-refractivity contribution < 1.29 is 9.66 Å². The maximum absolute atomic E-state index is 11.0. The molecule has 98 valence electrons. The highest BCUT2D eigenvalue weighted by Crippen LogP contribution is 2.34. The molecule has 0 saturated carbocycles. The fourth-order valence-electron chi connectivity index (χ4n) is 1.62. The monoisotopic (exact) mass is 321 g/mol. The van der Waals surface area contributed by atoms with Gasteiger partial charge < -0.3 is 4.74 Å². The van der Waals surface area contributed by atoms with Crippen molar-refractivity contribution in [2.75, 3.05) is 0 Å². The van der Waals surface area contributed by atoms with Gasteiger partial charge in [-0.3, -0.25) is 10.1 Å². The molecule has 0 bridgehead atoms. The van der Waals surface area contributed by atoms with Gasteiger partial charge in [0.15, 0.2) is 0 Å². The number of nitro benzene ring substituents is 1. The van der Waals surface area contributed by atoms with Gasteiger partial charge >= 0.3 is 5.69 Å². The molecule has 0 saturated heterocycles. The Morgan fingerprint density at radius 2 is 1.84 bits per heavy atom. The van der Waals surface area contributed by atoms with E-state index in [9.17, 15) is 10.1 Å². The first-order chi connectivity index (χ1) is 8.97. The quantitative estimate of drug-likeness (QED) is 0.604. The summed E-state index contributed by atoms with van der Waals surface area (Å²) in [6.45, 7) is 3.97. The number of benzene rings is 2. The molecular weight excluding hydrogens is 310 g/mol. The summed E-state index contributed by atoms with van der Waals surface area (Å²) < 4.78 is 6.24. The predicted octanol–water partition coefficient (Wildman–Crippen LogP) is 4.77. The van der Waals surface area contributed by atoms with E-state index in [2.05, 4.69) is 15.9 Å². The van der Waals surface area contributed by atoms with Crippen LogP contribution in [0.15, 0.2) is 40.9 Å². The van der Waals surface area contributed by atoms with Crippen LogP contribution in [0.3, 0.4) is 0 Å². The Kier molecular flexibility index (Phi) is 3.85. The first-order valence-corrected chi connectivity index (χ1v) is 6.46. The van der Waals surface area contributed by atoms with E-state index in [1.54, 1.807) is 18.2 Å². The maximum atomic E-state index is 11.0. The molecular formula is C14H12BrNO3. The van der Waals surface area contributed by atoms with Gasteiger partial charge in [-0.2, -0.15) is 0 Å². The molecule has 2 aromatic carbocycles.